The number of hydrogen-bond acceptors (Lipinski definition) is 3. The van der Waals surface area contributed by atoms with Gasteiger partial charge in [0.25, 0.3) is 10.0 Å². The highest BCUT2D eigenvalue weighted by Crippen LogP contribution is 2.04. The molecule has 0 atom stereocenters. The second kappa shape index (κ2) is 4.11. The van der Waals surface area contributed by atoms with Crippen molar-refractivity contribution in [2.75, 3.05) is 0 Å². The van der Waals surface area contributed by atoms with Gasteiger partial charge in [-0.05, 0) is 12.1 Å². The third kappa shape index (κ3) is 2.15. The zero-order valence-corrected chi connectivity index (χ0v) is 9.53. The van der Waals surface area contributed by atoms with Crippen molar-refractivity contribution in [1.82, 2.24) is 19.3 Å². The van der Waals surface area contributed by atoms with Gasteiger partial charge < -0.3 is 9.55 Å². The fraction of sp³-hybridized carbons (Fsp3) is 0.222. The van der Waals surface area contributed by atoms with Gasteiger partial charge in [0, 0.05) is 18.9 Å². The minimum atomic E-state index is -3.49. The molecule has 0 amide bonds. The minimum absolute atomic E-state index is 0.0710. The number of imidazole rings is 1. The molecule has 0 bridgehead atoms. The van der Waals surface area contributed by atoms with Crippen molar-refractivity contribution in [1.29, 1.82) is 0 Å². The fourth-order valence-corrected chi connectivity index (χ4v) is 2.22. The van der Waals surface area contributed by atoms with Crippen LogP contribution < -0.4 is 4.72 Å². The van der Waals surface area contributed by atoms with E-state index in [0.717, 1.165) is 5.69 Å². The molecule has 2 aromatic heterocycles. The van der Waals surface area contributed by atoms with Gasteiger partial charge in [0.15, 0.2) is 5.03 Å². The van der Waals surface area contributed by atoms with E-state index in [9.17, 15) is 8.42 Å². The lowest BCUT2D eigenvalue weighted by atomic mass is 10.4. The van der Waals surface area contributed by atoms with E-state index in [1.807, 2.05) is 29.9 Å². The molecule has 86 valence electrons. The number of aromatic nitrogens is 3. The summed E-state index contributed by atoms with van der Waals surface area (Å²) < 4.78 is 27.8. The monoisotopic (exact) mass is 240 g/mol. The summed E-state index contributed by atoms with van der Waals surface area (Å²) in [5.41, 5.74) is 0.892. The summed E-state index contributed by atoms with van der Waals surface area (Å²) in [4.78, 5) is 6.22. The third-order valence-electron chi connectivity index (χ3n) is 2.26. The van der Waals surface area contributed by atoms with Gasteiger partial charge in [0.2, 0.25) is 0 Å². The summed E-state index contributed by atoms with van der Waals surface area (Å²) in [6.07, 6.45) is 4.46. The van der Waals surface area contributed by atoms with E-state index >= 15 is 0 Å². The first-order valence-corrected chi connectivity index (χ1v) is 6.16. The molecule has 0 fully saturated rings. The molecule has 2 aromatic rings. The largest absolute Gasteiger partial charge is 0.353 e. The zero-order valence-electron chi connectivity index (χ0n) is 8.71. The van der Waals surface area contributed by atoms with Crippen molar-refractivity contribution in [2.45, 2.75) is 11.6 Å². The molecule has 0 saturated heterocycles. The van der Waals surface area contributed by atoms with Crippen LogP contribution in [0.15, 0.2) is 35.9 Å². The minimum Gasteiger partial charge on any atom is -0.353 e. The Hall–Kier alpha value is -1.60. The van der Waals surface area contributed by atoms with Crippen LogP contribution in [0, 0.1) is 0 Å². The van der Waals surface area contributed by atoms with Crippen LogP contribution in [0.3, 0.4) is 0 Å². The molecule has 2 heterocycles. The Kier molecular flexibility index (Phi) is 2.80. The van der Waals surface area contributed by atoms with Gasteiger partial charge in [-0.15, -0.1) is 0 Å². The van der Waals surface area contributed by atoms with Crippen molar-refractivity contribution < 1.29 is 8.42 Å². The van der Waals surface area contributed by atoms with E-state index in [4.69, 9.17) is 0 Å². The predicted molar refractivity (Wildman–Crippen MR) is 58.0 cm³/mol. The van der Waals surface area contributed by atoms with E-state index in [1.54, 1.807) is 0 Å². The summed E-state index contributed by atoms with van der Waals surface area (Å²) in [6.45, 7) is 0.255. The van der Waals surface area contributed by atoms with E-state index in [1.165, 1.54) is 12.5 Å². The molecule has 0 aliphatic carbocycles. The summed E-state index contributed by atoms with van der Waals surface area (Å²) in [6, 6.07) is 3.72. The van der Waals surface area contributed by atoms with Crippen molar-refractivity contribution in [3.05, 3.63) is 36.5 Å². The number of aryl methyl sites for hydroxylation is 1. The van der Waals surface area contributed by atoms with Crippen LogP contribution in [0.1, 0.15) is 5.69 Å². The molecule has 16 heavy (non-hydrogen) atoms. The highest BCUT2D eigenvalue weighted by molar-refractivity contribution is 7.89. The number of nitrogens with zero attached hydrogens (tertiary/aromatic N) is 2. The topological polar surface area (TPSA) is 79.8 Å². The number of aromatic amines is 1. The molecule has 0 radical (unpaired) electrons. The fourth-order valence-electron chi connectivity index (χ4n) is 1.32. The van der Waals surface area contributed by atoms with Crippen molar-refractivity contribution >= 4 is 10.0 Å². The van der Waals surface area contributed by atoms with Crippen LogP contribution in [0.4, 0.5) is 0 Å². The maximum absolute atomic E-state index is 11.7. The Balaban J connectivity index is 2.09. The molecule has 0 aliphatic rings. The van der Waals surface area contributed by atoms with Gasteiger partial charge in [-0.25, -0.2) is 18.1 Å². The van der Waals surface area contributed by atoms with Crippen LogP contribution in [0.2, 0.25) is 0 Å². The van der Waals surface area contributed by atoms with E-state index in [2.05, 4.69) is 14.7 Å². The first-order chi connectivity index (χ1) is 7.59. The highest BCUT2D eigenvalue weighted by Gasteiger charge is 2.15. The number of sulfonamides is 1. The van der Waals surface area contributed by atoms with Crippen LogP contribution in [-0.4, -0.2) is 23.0 Å². The maximum atomic E-state index is 11.7. The maximum Gasteiger partial charge on any atom is 0.257 e. The SMILES string of the molecule is Cn1cccc1CNS(=O)(=O)c1cnc[nH]1. The Morgan fingerprint density at radius 3 is 2.94 bits per heavy atom. The normalized spacial score (nSPS) is 11.8. The first-order valence-electron chi connectivity index (χ1n) is 4.68. The summed E-state index contributed by atoms with van der Waals surface area (Å²) in [7, 11) is -1.63. The Bertz CT molecular complexity index is 556. The van der Waals surface area contributed by atoms with Gasteiger partial charge in [0.1, 0.15) is 0 Å². The van der Waals surface area contributed by atoms with Crippen LogP contribution in [0.5, 0.6) is 0 Å². The molecule has 0 aromatic carbocycles. The predicted octanol–water partition coefficient (Wildman–Crippen LogP) is 0.227. The average molecular weight is 240 g/mol. The molecular formula is C9H12N4O2S. The Morgan fingerprint density at radius 1 is 1.56 bits per heavy atom. The lowest BCUT2D eigenvalue weighted by molar-refractivity contribution is 0.576. The molecule has 0 spiro atoms. The summed E-state index contributed by atoms with van der Waals surface area (Å²) in [5, 5.41) is 0.0710. The van der Waals surface area contributed by atoms with Crippen LogP contribution in [0.25, 0.3) is 0 Å². The number of nitrogens with one attached hydrogen (secondary N) is 2. The smallest absolute Gasteiger partial charge is 0.257 e. The summed E-state index contributed by atoms with van der Waals surface area (Å²) in [5.74, 6) is 0. The van der Waals surface area contributed by atoms with Gasteiger partial charge in [-0.3, -0.25) is 0 Å². The first kappa shape index (κ1) is 10.9. The summed E-state index contributed by atoms with van der Waals surface area (Å²) >= 11 is 0. The number of H-pyrrole nitrogens is 1. The molecule has 7 heteroatoms. The second-order valence-electron chi connectivity index (χ2n) is 3.35. The van der Waals surface area contributed by atoms with Gasteiger partial charge >= 0.3 is 0 Å². The van der Waals surface area contributed by atoms with Gasteiger partial charge in [-0.2, -0.15) is 0 Å². The average Bonchev–Trinajstić information content (AvgIpc) is 2.85. The number of hydrogen-bond donors (Lipinski definition) is 2. The molecule has 6 nitrogen and oxygen atoms in total. The van der Waals surface area contributed by atoms with Crippen LogP contribution in [-0.2, 0) is 23.6 Å². The lowest BCUT2D eigenvalue weighted by Crippen LogP contribution is -2.24. The second-order valence-corrected chi connectivity index (χ2v) is 5.09. The Morgan fingerprint density at radius 2 is 2.38 bits per heavy atom. The van der Waals surface area contributed by atoms with Crippen molar-refractivity contribution in [3.63, 3.8) is 0 Å². The van der Waals surface area contributed by atoms with E-state index in [0.29, 0.717) is 0 Å². The molecule has 2 rings (SSSR count). The van der Waals surface area contributed by atoms with E-state index in [-0.39, 0.29) is 11.6 Å². The Labute approximate surface area is 93.4 Å². The molecule has 0 saturated carbocycles. The highest BCUT2D eigenvalue weighted by atomic mass is 32.2. The van der Waals surface area contributed by atoms with Crippen molar-refractivity contribution in [3.8, 4) is 0 Å². The lowest BCUT2D eigenvalue weighted by Gasteiger charge is -2.05. The van der Waals surface area contributed by atoms with Gasteiger partial charge in [-0.1, -0.05) is 0 Å². The van der Waals surface area contributed by atoms with Gasteiger partial charge in [0.05, 0.1) is 19.1 Å². The quantitative estimate of drug-likeness (QED) is 0.802. The van der Waals surface area contributed by atoms with Crippen LogP contribution >= 0.6 is 0 Å². The van der Waals surface area contributed by atoms with Crippen molar-refractivity contribution in [2.24, 2.45) is 7.05 Å². The number of rotatable bonds is 4. The molecule has 0 aliphatic heterocycles. The standard InChI is InChI=1S/C9H12N4O2S/c1-13-4-2-3-8(13)5-12-16(14,15)9-6-10-7-11-9/h2-4,6-7,12H,5H2,1H3,(H,10,11). The third-order valence-corrected chi connectivity index (χ3v) is 3.58. The molecule has 0 unspecified atom stereocenters. The van der Waals surface area contributed by atoms with E-state index < -0.39 is 10.0 Å². The molecule has 2 N–H and O–H groups in total. The zero-order chi connectivity index (χ0) is 11.6. The molecular weight excluding hydrogens is 228 g/mol.